The maximum atomic E-state index is 12.6. The quantitative estimate of drug-likeness (QED) is 0.662. The number of anilines is 3. The molecule has 2 aliphatic heterocycles. The van der Waals surface area contributed by atoms with Crippen molar-refractivity contribution in [3.05, 3.63) is 18.3 Å². The van der Waals surface area contributed by atoms with Crippen LogP contribution >= 0.6 is 0 Å². The number of alkyl halides is 2. The molecular formula is C18H22F2N6O2. The maximum absolute atomic E-state index is 12.6. The minimum Gasteiger partial charge on any atom is -0.431 e. The van der Waals surface area contributed by atoms with Crippen molar-refractivity contribution in [2.75, 3.05) is 35.6 Å². The predicted molar refractivity (Wildman–Crippen MR) is 101 cm³/mol. The van der Waals surface area contributed by atoms with Crippen LogP contribution in [0.25, 0.3) is 11.3 Å². The number of nitrogens with zero attached hydrogens (tertiary/aromatic N) is 4. The average Bonchev–Trinajstić information content (AvgIpc) is 2.65. The summed E-state index contributed by atoms with van der Waals surface area (Å²) >= 11 is 0. The lowest BCUT2D eigenvalue weighted by molar-refractivity contribution is -0.113. The molecule has 1 unspecified atom stereocenters. The molecule has 2 saturated heterocycles. The summed E-state index contributed by atoms with van der Waals surface area (Å²) < 4.78 is 35.2. The van der Waals surface area contributed by atoms with Crippen molar-refractivity contribution in [3.63, 3.8) is 0 Å². The molecule has 4 rings (SSSR count). The monoisotopic (exact) mass is 392 g/mol. The van der Waals surface area contributed by atoms with E-state index in [1.54, 1.807) is 0 Å². The van der Waals surface area contributed by atoms with Crippen molar-refractivity contribution < 1.29 is 18.3 Å². The predicted octanol–water partition coefficient (Wildman–Crippen LogP) is 2.52. The molecule has 0 spiro atoms. The molecule has 0 amide bonds. The standard InChI is InChI=1S/C18H22F2N6O2/c1-2-3-4-22-18-24-11(6-15(25-18)26-8-14-12(26)9-27-14)10-5-13(28-17(19)20)16(21)23-7-10/h5-7,12,14,17H,2-4,8-9H2,1H3,(H2,21,23)(H,22,24,25)/t12-,14?/m1/s1. The summed E-state index contributed by atoms with van der Waals surface area (Å²) in [7, 11) is 0. The van der Waals surface area contributed by atoms with Gasteiger partial charge in [0.1, 0.15) is 5.82 Å². The molecular weight excluding hydrogens is 370 g/mol. The first-order valence-electron chi connectivity index (χ1n) is 9.27. The third kappa shape index (κ3) is 3.64. The third-order valence-corrected chi connectivity index (χ3v) is 4.90. The van der Waals surface area contributed by atoms with Gasteiger partial charge >= 0.3 is 6.61 Å². The number of fused-ring (bicyclic) bond motifs is 1. The van der Waals surface area contributed by atoms with Crippen LogP contribution in [0.4, 0.5) is 26.4 Å². The Balaban J connectivity index is 1.66. The summed E-state index contributed by atoms with van der Waals surface area (Å²) in [6.07, 6.45) is 3.78. The van der Waals surface area contributed by atoms with E-state index in [0.717, 1.165) is 31.7 Å². The van der Waals surface area contributed by atoms with Crippen LogP contribution in [0.5, 0.6) is 5.75 Å². The topological polar surface area (TPSA) is 98.4 Å². The number of nitrogen functional groups attached to an aromatic ring is 1. The zero-order valence-electron chi connectivity index (χ0n) is 15.4. The number of hydrogen-bond acceptors (Lipinski definition) is 8. The normalized spacial score (nSPS) is 20.4. The molecule has 2 fully saturated rings. The van der Waals surface area contributed by atoms with Gasteiger partial charge in [-0.05, 0) is 12.5 Å². The number of hydrogen-bond donors (Lipinski definition) is 2. The Morgan fingerprint density at radius 3 is 2.89 bits per heavy atom. The number of halogens is 2. The van der Waals surface area contributed by atoms with Gasteiger partial charge in [0.05, 0.1) is 24.4 Å². The summed E-state index contributed by atoms with van der Waals surface area (Å²) in [5, 5.41) is 3.22. The van der Waals surface area contributed by atoms with Crippen LogP contribution in [0.2, 0.25) is 0 Å². The highest BCUT2D eigenvalue weighted by atomic mass is 19.3. The third-order valence-electron chi connectivity index (χ3n) is 4.90. The molecule has 150 valence electrons. The molecule has 0 radical (unpaired) electrons. The highest BCUT2D eigenvalue weighted by Gasteiger charge is 2.48. The number of unbranched alkanes of at least 4 members (excludes halogenated alkanes) is 1. The van der Waals surface area contributed by atoms with E-state index in [4.69, 9.17) is 10.5 Å². The first kappa shape index (κ1) is 18.6. The van der Waals surface area contributed by atoms with Gasteiger partial charge in [-0.2, -0.15) is 13.8 Å². The Kier molecular flexibility index (Phi) is 5.12. The lowest BCUT2D eigenvalue weighted by Gasteiger charge is -2.55. The van der Waals surface area contributed by atoms with Gasteiger partial charge in [-0.1, -0.05) is 13.3 Å². The average molecular weight is 392 g/mol. The second-order valence-electron chi connectivity index (χ2n) is 6.79. The molecule has 0 saturated carbocycles. The summed E-state index contributed by atoms with van der Waals surface area (Å²) in [6.45, 7) is 1.32. The van der Waals surface area contributed by atoms with Gasteiger partial charge in [-0.3, -0.25) is 0 Å². The van der Waals surface area contributed by atoms with Crippen LogP contribution in [0.3, 0.4) is 0 Å². The van der Waals surface area contributed by atoms with Gasteiger partial charge in [0.2, 0.25) is 5.95 Å². The first-order valence-corrected chi connectivity index (χ1v) is 9.27. The molecule has 0 aromatic carbocycles. The molecule has 2 aromatic rings. The van der Waals surface area contributed by atoms with Crippen molar-refractivity contribution in [2.24, 2.45) is 0 Å². The molecule has 3 N–H and O–H groups in total. The zero-order valence-corrected chi connectivity index (χ0v) is 15.4. The minimum atomic E-state index is -2.98. The smallest absolute Gasteiger partial charge is 0.387 e. The highest BCUT2D eigenvalue weighted by molar-refractivity contribution is 5.68. The summed E-state index contributed by atoms with van der Waals surface area (Å²) in [6, 6.07) is 3.56. The number of rotatable bonds is 8. The Labute approximate surface area is 161 Å². The van der Waals surface area contributed by atoms with Gasteiger partial charge in [0.25, 0.3) is 0 Å². The van der Waals surface area contributed by atoms with Crippen molar-refractivity contribution in [3.8, 4) is 17.0 Å². The lowest BCUT2D eigenvalue weighted by Crippen LogP contribution is -2.71. The van der Waals surface area contributed by atoms with E-state index in [1.807, 2.05) is 6.07 Å². The summed E-state index contributed by atoms with van der Waals surface area (Å²) in [4.78, 5) is 15.3. The van der Waals surface area contributed by atoms with Gasteiger partial charge in [-0.15, -0.1) is 0 Å². The van der Waals surface area contributed by atoms with Crippen LogP contribution in [0.1, 0.15) is 19.8 Å². The SMILES string of the molecule is CCCCNc1nc(-c2cnc(N)c(OC(F)F)c2)cc(N2CC3OC[C@H]32)n1. The second-order valence-corrected chi connectivity index (χ2v) is 6.79. The van der Waals surface area contributed by atoms with E-state index >= 15 is 0 Å². The number of nitrogens with two attached hydrogens (primary N) is 1. The van der Waals surface area contributed by atoms with E-state index in [9.17, 15) is 8.78 Å². The van der Waals surface area contributed by atoms with Crippen LogP contribution < -0.4 is 20.7 Å². The molecule has 2 aromatic heterocycles. The minimum absolute atomic E-state index is 0.100. The van der Waals surface area contributed by atoms with Crippen LogP contribution in [-0.4, -0.2) is 53.4 Å². The largest absolute Gasteiger partial charge is 0.431 e. The Bertz CT molecular complexity index is 853. The molecule has 10 heteroatoms. The van der Waals surface area contributed by atoms with E-state index in [0.29, 0.717) is 29.9 Å². The second kappa shape index (κ2) is 7.70. The molecule has 2 atom stereocenters. The van der Waals surface area contributed by atoms with E-state index < -0.39 is 6.61 Å². The van der Waals surface area contributed by atoms with Gasteiger partial charge in [0.15, 0.2) is 11.6 Å². The van der Waals surface area contributed by atoms with E-state index in [-0.39, 0.29) is 17.7 Å². The number of morpholine rings is 1. The van der Waals surface area contributed by atoms with Gasteiger partial charge in [-0.25, -0.2) is 9.97 Å². The number of pyridine rings is 1. The summed E-state index contributed by atoms with van der Waals surface area (Å²) in [5.41, 5.74) is 6.72. The van der Waals surface area contributed by atoms with Gasteiger partial charge in [0, 0.05) is 30.9 Å². The zero-order chi connectivity index (χ0) is 19.7. The maximum Gasteiger partial charge on any atom is 0.387 e. The summed E-state index contributed by atoms with van der Waals surface area (Å²) in [5.74, 6) is 0.973. The van der Waals surface area contributed by atoms with Crippen LogP contribution in [-0.2, 0) is 4.74 Å². The highest BCUT2D eigenvalue weighted by Crippen LogP contribution is 2.36. The molecule has 0 aliphatic carbocycles. The van der Waals surface area contributed by atoms with Crippen molar-refractivity contribution in [1.82, 2.24) is 15.0 Å². The van der Waals surface area contributed by atoms with Crippen LogP contribution in [0, 0.1) is 0 Å². The Morgan fingerprint density at radius 2 is 2.25 bits per heavy atom. The molecule has 2 aliphatic rings. The van der Waals surface area contributed by atoms with Gasteiger partial charge < -0.3 is 25.4 Å². The molecule has 4 heterocycles. The van der Waals surface area contributed by atoms with Crippen molar-refractivity contribution in [2.45, 2.75) is 38.5 Å². The van der Waals surface area contributed by atoms with Crippen LogP contribution in [0.15, 0.2) is 18.3 Å². The molecule has 0 bridgehead atoms. The first-order chi connectivity index (χ1) is 13.5. The molecule has 28 heavy (non-hydrogen) atoms. The molecule has 8 nitrogen and oxygen atoms in total. The Hall–Kier alpha value is -2.75. The van der Waals surface area contributed by atoms with Crippen molar-refractivity contribution >= 4 is 17.6 Å². The fraction of sp³-hybridized carbons (Fsp3) is 0.500. The Morgan fingerprint density at radius 1 is 1.39 bits per heavy atom. The number of ether oxygens (including phenoxy) is 2. The number of nitrogens with one attached hydrogen (secondary N) is 1. The van der Waals surface area contributed by atoms with E-state index in [1.165, 1.54) is 12.3 Å². The van der Waals surface area contributed by atoms with E-state index in [2.05, 4.69) is 36.8 Å². The lowest BCUT2D eigenvalue weighted by atomic mass is 9.95. The fourth-order valence-corrected chi connectivity index (χ4v) is 3.21. The van der Waals surface area contributed by atoms with Crippen molar-refractivity contribution in [1.29, 1.82) is 0 Å². The number of aromatic nitrogens is 3. The fourth-order valence-electron chi connectivity index (χ4n) is 3.21.